The van der Waals surface area contributed by atoms with Gasteiger partial charge in [-0.2, -0.15) is 5.10 Å². The Morgan fingerprint density at radius 1 is 1.08 bits per heavy atom. The Labute approximate surface area is 138 Å². The number of amides is 1. The molecule has 1 aliphatic rings. The number of anilines is 1. The van der Waals surface area contributed by atoms with Crippen molar-refractivity contribution in [2.45, 2.75) is 6.54 Å². The van der Waals surface area contributed by atoms with Crippen LogP contribution in [0.5, 0.6) is 11.5 Å². The third-order valence-electron chi connectivity index (χ3n) is 3.77. The molecule has 0 fully saturated rings. The van der Waals surface area contributed by atoms with E-state index in [1.165, 1.54) is 0 Å². The van der Waals surface area contributed by atoms with Crippen LogP contribution in [0.15, 0.2) is 60.8 Å². The molecule has 0 spiro atoms. The molecule has 6 heteroatoms. The van der Waals surface area contributed by atoms with Gasteiger partial charge in [0.25, 0.3) is 5.91 Å². The van der Waals surface area contributed by atoms with Gasteiger partial charge in [0.15, 0.2) is 11.5 Å². The Morgan fingerprint density at radius 3 is 2.79 bits per heavy atom. The first kappa shape index (κ1) is 14.3. The molecule has 2 heterocycles. The van der Waals surface area contributed by atoms with E-state index in [4.69, 9.17) is 9.47 Å². The van der Waals surface area contributed by atoms with Crippen molar-refractivity contribution in [3.63, 3.8) is 0 Å². The Hall–Kier alpha value is -3.28. The average Bonchev–Trinajstić information content (AvgIpc) is 3.24. The first-order chi connectivity index (χ1) is 11.8. The molecule has 24 heavy (non-hydrogen) atoms. The van der Waals surface area contributed by atoms with Gasteiger partial charge in [-0.15, -0.1) is 0 Å². The average molecular weight is 321 g/mol. The van der Waals surface area contributed by atoms with Crippen molar-refractivity contribution < 1.29 is 14.3 Å². The standard InChI is InChI=1S/C18H15N3O3/c22-18(14-6-7-15-16(10-14)24-12-23-15)20-17-8-9-19-21(17)11-13-4-2-1-3-5-13/h1-10H,11-12H2,(H,20,22). The summed E-state index contributed by atoms with van der Waals surface area (Å²) in [5, 5.41) is 7.16. The topological polar surface area (TPSA) is 65.4 Å². The maximum absolute atomic E-state index is 12.5. The number of ether oxygens (including phenoxy) is 2. The summed E-state index contributed by atoms with van der Waals surface area (Å²) in [4.78, 5) is 12.5. The SMILES string of the molecule is O=C(Nc1ccnn1Cc1ccccc1)c1ccc2c(c1)OCO2. The molecule has 1 amide bonds. The van der Waals surface area contributed by atoms with Crippen molar-refractivity contribution in [2.75, 3.05) is 12.1 Å². The van der Waals surface area contributed by atoms with Gasteiger partial charge in [-0.05, 0) is 23.8 Å². The zero-order valence-corrected chi connectivity index (χ0v) is 12.8. The molecule has 0 atom stereocenters. The van der Waals surface area contributed by atoms with Gasteiger partial charge in [0.1, 0.15) is 5.82 Å². The molecule has 3 aromatic rings. The van der Waals surface area contributed by atoms with Crippen LogP contribution in [0.3, 0.4) is 0 Å². The molecule has 0 saturated heterocycles. The molecule has 4 rings (SSSR count). The number of hydrogen-bond donors (Lipinski definition) is 1. The molecule has 0 saturated carbocycles. The summed E-state index contributed by atoms with van der Waals surface area (Å²) in [6.07, 6.45) is 1.66. The van der Waals surface area contributed by atoms with E-state index < -0.39 is 0 Å². The number of aromatic nitrogens is 2. The highest BCUT2D eigenvalue weighted by Gasteiger charge is 2.17. The number of nitrogens with one attached hydrogen (secondary N) is 1. The van der Waals surface area contributed by atoms with Crippen LogP contribution in [-0.2, 0) is 6.54 Å². The molecular weight excluding hydrogens is 306 g/mol. The van der Waals surface area contributed by atoms with Crippen molar-refractivity contribution in [3.05, 3.63) is 71.9 Å². The molecule has 1 aromatic heterocycles. The lowest BCUT2D eigenvalue weighted by molar-refractivity contribution is 0.102. The minimum Gasteiger partial charge on any atom is -0.454 e. The summed E-state index contributed by atoms with van der Waals surface area (Å²) in [5.41, 5.74) is 1.62. The first-order valence-electron chi connectivity index (χ1n) is 7.56. The lowest BCUT2D eigenvalue weighted by atomic mass is 10.2. The van der Waals surface area contributed by atoms with Crippen LogP contribution in [0.1, 0.15) is 15.9 Å². The van der Waals surface area contributed by atoms with Crippen LogP contribution < -0.4 is 14.8 Å². The molecule has 0 bridgehead atoms. The number of benzene rings is 2. The van der Waals surface area contributed by atoms with Crippen molar-refractivity contribution in [1.82, 2.24) is 9.78 Å². The van der Waals surface area contributed by atoms with Gasteiger partial charge in [0.2, 0.25) is 6.79 Å². The van der Waals surface area contributed by atoms with E-state index in [0.29, 0.717) is 29.4 Å². The van der Waals surface area contributed by atoms with Gasteiger partial charge in [0.05, 0.1) is 12.7 Å². The minimum absolute atomic E-state index is 0.185. The molecule has 6 nitrogen and oxygen atoms in total. The molecule has 120 valence electrons. The lowest BCUT2D eigenvalue weighted by Gasteiger charge is -2.09. The van der Waals surface area contributed by atoms with Gasteiger partial charge in [-0.3, -0.25) is 4.79 Å². The van der Waals surface area contributed by atoms with Crippen LogP contribution in [0, 0.1) is 0 Å². The third-order valence-corrected chi connectivity index (χ3v) is 3.77. The fourth-order valence-corrected chi connectivity index (χ4v) is 2.55. The number of rotatable bonds is 4. The number of carbonyl (C=O) groups excluding carboxylic acids is 1. The molecule has 0 radical (unpaired) electrons. The fraction of sp³-hybridized carbons (Fsp3) is 0.111. The van der Waals surface area contributed by atoms with E-state index in [0.717, 1.165) is 5.56 Å². The van der Waals surface area contributed by atoms with E-state index in [1.807, 2.05) is 30.3 Å². The minimum atomic E-state index is -0.219. The Balaban J connectivity index is 1.51. The number of nitrogens with zero attached hydrogens (tertiary/aromatic N) is 2. The first-order valence-corrected chi connectivity index (χ1v) is 7.56. The maximum atomic E-state index is 12.5. The molecule has 0 aliphatic carbocycles. The van der Waals surface area contributed by atoms with E-state index in [9.17, 15) is 4.79 Å². The second-order valence-corrected chi connectivity index (χ2v) is 5.38. The highest BCUT2D eigenvalue weighted by atomic mass is 16.7. The fourth-order valence-electron chi connectivity index (χ4n) is 2.55. The summed E-state index contributed by atoms with van der Waals surface area (Å²) in [5.74, 6) is 1.66. The summed E-state index contributed by atoms with van der Waals surface area (Å²) >= 11 is 0. The van der Waals surface area contributed by atoms with Crippen molar-refractivity contribution in [1.29, 1.82) is 0 Å². The predicted molar refractivity (Wildman–Crippen MR) is 88.3 cm³/mol. The van der Waals surface area contributed by atoms with Crippen molar-refractivity contribution >= 4 is 11.7 Å². The maximum Gasteiger partial charge on any atom is 0.256 e. The predicted octanol–water partition coefficient (Wildman–Crippen LogP) is 2.91. The zero-order chi connectivity index (χ0) is 16.4. The summed E-state index contributed by atoms with van der Waals surface area (Å²) < 4.78 is 12.3. The van der Waals surface area contributed by atoms with Crippen molar-refractivity contribution in [2.24, 2.45) is 0 Å². The molecule has 2 aromatic carbocycles. The molecule has 1 N–H and O–H groups in total. The van der Waals surface area contributed by atoms with Gasteiger partial charge in [-0.25, -0.2) is 4.68 Å². The van der Waals surface area contributed by atoms with Crippen LogP contribution in [-0.4, -0.2) is 22.5 Å². The van der Waals surface area contributed by atoms with Gasteiger partial charge in [0, 0.05) is 11.6 Å². The largest absolute Gasteiger partial charge is 0.454 e. The number of fused-ring (bicyclic) bond motifs is 1. The highest BCUT2D eigenvalue weighted by molar-refractivity contribution is 6.04. The lowest BCUT2D eigenvalue weighted by Crippen LogP contribution is -2.16. The monoisotopic (exact) mass is 321 g/mol. The summed E-state index contributed by atoms with van der Waals surface area (Å²) in [6, 6.07) is 16.8. The van der Waals surface area contributed by atoms with E-state index in [1.54, 1.807) is 35.1 Å². The van der Waals surface area contributed by atoms with Gasteiger partial charge >= 0.3 is 0 Å². The zero-order valence-electron chi connectivity index (χ0n) is 12.8. The van der Waals surface area contributed by atoms with E-state index >= 15 is 0 Å². The van der Waals surface area contributed by atoms with Gasteiger partial charge in [-0.1, -0.05) is 30.3 Å². The highest BCUT2D eigenvalue weighted by Crippen LogP contribution is 2.32. The summed E-state index contributed by atoms with van der Waals surface area (Å²) in [7, 11) is 0. The molecule has 0 unspecified atom stereocenters. The summed E-state index contributed by atoms with van der Waals surface area (Å²) in [6.45, 7) is 0.773. The van der Waals surface area contributed by atoms with Crippen LogP contribution in [0.25, 0.3) is 0 Å². The number of carbonyl (C=O) groups is 1. The van der Waals surface area contributed by atoms with Crippen LogP contribution in [0.4, 0.5) is 5.82 Å². The molecular formula is C18H15N3O3. The normalized spacial score (nSPS) is 12.2. The third kappa shape index (κ3) is 2.81. The Bertz CT molecular complexity index is 874. The van der Waals surface area contributed by atoms with Gasteiger partial charge < -0.3 is 14.8 Å². The Morgan fingerprint density at radius 2 is 1.92 bits per heavy atom. The van der Waals surface area contributed by atoms with Crippen molar-refractivity contribution in [3.8, 4) is 11.5 Å². The second kappa shape index (κ2) is 6.08. The van der Waals surface area contributed by atoms with Crippen LogP contribution in [0.2, 0.25) is 0 Å². The smallest absolute Gasteiger partial charge is 0.256 e. The van der Waals surface area contributed by atoms with E-state index in [-0.39, 0.29) is 12.7 Å². The number of hydrogen-bond acceptors (Lipinski definition) is 4. The van der Waals surface area contributed by atoms with Crippen LogP contribution >= 0.6 is 0 Å². The molecule has 1 aliphatic heterocycles. The van der Waals surface area contributed by atoms with E-state index in [2.05, 4.69) is 10.4 Å². The quantitative estimate of drug-likeness (QED) is 0.802. The second-order valence-electron chi connectivity index (χ2n) is 5.38. The Kier molecular flexibility index (Phi) is 3.63.